The maximum Gasteiger partial charge on any atom is 0.311 e. The summed E-state index contributed by atoms with van der Waals surface area (Å²) >= 11 is 0. The number of carboxylic acids is 1. The first-order valence-electron chi connectivity index (χ1n) is 7.31. The molecule has 1 aromatic rings. The van der Waals surface area contributed by atoms with Crippen LogP contribution in [-0.2, 0) is 9.53 Å². The predicted molar refractivity (Wildman–Crippen MR) is 75.7 cm³/mol. The smallest absolute Gasteiger partial charge is 0.311 e. The molecule has 3 rings (SSSR count). The van der Waals surface area contributed by atoms with E-state index in [0.717, 1.165) is 6.42 Å². The van der Waals surface area contributed by atoms with Gasteiger partial charge in [0.15, 0.2) is 0 Å². The minimum atomic E-state index is -0.854. The highest BCUT2D eigenvalue weighted by Gasteiger charge is 2.50. The van der Waals surface area contributed by atoms with Gasteiger partial charge in [0.05, 0.1) is 18.6 Å². The van der Waals surface area contributed by atoms with Crippen molar-refractivity contribution in [2.45, 2.75) is 25.4 Å². The normalized spacial score (nSPS) is 22.1. The number of amides is 1. The molecule has 7 nitrogen and oxygen atoms in total. The number of ether oxygens (including phenoxy) is 2. The molecule has 0 aromatic carbocycles. The highest BCUT2D eigenvalue weighted by molar-refractivity contribution is 5.94. The van der Waals surface area contributed by atoms with Gasteiger partial charge in [0.25, 0.3) is 5.91 Å². The minimum absolute atomic E-state index is 0.0347. The lowest BCUT2D eigenvalue weighted by atomic mass is 10.1. The minimum Gasteiger partial charge on any atom is -0.481 e. The number of aromatic nitrogens is 1. The van der Waals surface area contributed by atoms with Crippen LogP contribution in [0.2, 0.25) is 0 Å². The number of carbonyl (C=O) groups excluding carboxylic acids is 1. The molecule has 2 fully saturated rings. The summed E-state index contributed by atoms with van der Waals surface area (Å²) in [6.07, 6.45) is 3.49. The van der Waals surface area contributed by atoms with Crippen molar-refractivity contribution in [3.05, 3.63) is 23.9 Å². The van der Waals surface area contributed by atoms with Crippen molar-refractivity contribution in [1.82, 2.24) is 10.3 Å². The van der Waals surface area contributed by atoms with Crippen LogP contribution >= 0.6 is 0 Å². The van der Waals surface area contributed by atoms with Crippen LogP contribution in [0.3, 0.4) is 0 Å². The Labute approximate surface area is 127 Å². The molecule has 1 atom stereocenters. The Morgan fingerprint density at radius 3 is 2.95 bits per heavy atom. The van der Waals surface area contributed by atoms with Gasteiger partial charge in [-0.15, -0.1) is 0 Å². The molecule has 2 heterocycles. The molecule has 1 aromatic heterocycles. The van der Waals surface area contributed by atoms with Crippen molar-refractivity contribution in [1.29, 1.82) is 0 Å². The van der Waals surface area contributed by atoms with E-state index in [4.69, 9.17) is 14.6 Å². The van der Waals surface area contributed by atoms with Gasteiger partial charge >= 0.3 is 5.97 Å². The molecule has 1 unspecified atom stereocenters. The van der Waals surface area contributed by atoms with Crippen LogP contribution < -0.4 is 10.1 Å². The number of pyridine rings is 1. The van der Waals surface area contributed by atoms with E-state index in [-0.39, 0.29) is 18.6 Å². The molecule has 2 aliphatic rings. The average molecular weight is 306 g/mol. The number of carboxylic acid groups (broad SMARTS) is 1. The van der Waals surface area contributed by atoms with E-state index >= 15 is 0 Å². The van der Waals surface area contributed by atoms with Crippen molar-refractivity contribution in [2.24, 2.45) is 5.41 Å². The highest BCUT2D eigenvalue weighted by atomic mass is 16.5. The number of hydrogen-bond donors (Lipinski definition) is 2. The van der Waals surface area contributed by atoms with Gasteiger partial charge in [0.2, 0.25) is 5.88 Å². The van der Waals surface area contributed by atoms with Gasteiger partial charge in [0, 0.05) is 30.8 Å². The Balaban J connectivity index is 1.59. The van der Waals surface area contributed by atoms with Gasteiger partial charge in [-0.2, -0.15) is 0 Å². The van der Waals surface area contributed by atoms with Gasteiger partial charge in [-0.25, -0.2) is 4.98 Å². The molecular formula is C15H18N2O5. The predicted octanol–water partition coefficient (Wildman–Crippen LogP) is 0.844. The first kappa shape index (κ1) is 14.8. The molecule has 7 heteroatoms. The molecule has 118 valence electrons. The Kier molecular flexibility index (Phi) is 3.98. The quantitative estimate of drug-likeness (QED) is 0.808. The molecule has 1 saturated carbocycles. The summed E-state index contributed by atoms with van der Waals surface area (Å²) in [5.41, 5.74) is -0.367. The van der Waals surface area contributed by atoms with Crippen LogP contribution in [0.1, 0.15) is 29.6 Å². The van der Waals surface area contributed by atoms with Crippen LogP contribution in [0.15, 0.2) is 18.3 Å². The molecule has 0 radical (unpaired) electrons. The topological polar surface area (TPSA) is 97.8 Å². The van der Waals surface area contributed by atoms with Gasteiger partial charge in [-0.3, -0.25) is 9.59 Å². The van der Waals surface area contributed by atoms with Crippen molar-refractivity contribution >= 4 is 11.9 Å². The maximum atomic E-state index is 12.1. The zero-order valence-electron chi connectivity index (χ0n) is 12.1. The van der Waals surface area contributed by atoms with E-state index in [1.54, 1.807) is 12.1 Å². The number of carbonyl (C=O) groups is 2. The van der Waals surface area contributed by atoms with Crippen LogP contribution in [0.25, 0.3) is 0 Å². The number of nitrogens with one attached hydrogen (secondary N) is 1. The largest absolute Gasteiger partial charge is 0.481 e. The van der Waals surface area contributed by atoms with Gasteiger partial charge in [-0.1, -0.05) is 0 Å². The maximum absolute atomic E-state index is 12.1. The summed E-state index contributed by atoms with van der Waals surface area (Å²) < 4.78 is 10.9. The Morgan fingerprint density at radius 1 is 1.50 bits per heavy atom. The molecule has 1 aliphatic carbocycles. The number of aliphatic carboxylic acids is 1. The lowest BCUT2D eigenvalue weighted by Crippen LogP contribution is -2.34. The lowest BCUT2D eigenvalue weighted by Gasteiger charge is -2.13. The molecule has 1 amide bonds. The summed E-state index contributed by atoms with van der Waals surface area (Å²) in [4.78, 5) is 27.3. The summed E-state index contributed by atoms with van der Waals surface area (Å²) in [5, 5.41) is 11.8. The number of hydrogen-bond acceptors (Lipinski definition) is 5. The molecule has 0 spiro atoms. The van der Waals surface area contributed by atoms with Crippen molar-refractivity contribution in [3.8, 4) is 5.88 Å². The van der Waals surface area contributed by atoms with E-state index < -0.39 is 11.4 Å². The molecule has 1 aliphatic heterocycles. The lowest BCUT2D eigenvalue weighted by molar-refractivity contribution is -0.143. The second-order valence-corrected chi connectivity index (χ2v) is 5.75. The van der Waals surface area contributed by atoms with Crippen LogP contribution in [0.4, 0.5) is 0 Å². The van der Waals surface area contributed by atoms with Crippen LogP contribution in [0, 0.1) is 5.41 Å². The summed E-state index contributed by atoms with van der Waals surface area (Å²) in [7, 11) is 0. The van der Waals surface area contributed by atoms with Gasteiger partial charge in [0.1, 0.15) is 6.10 Å². The van der Waals surface area contributed by atoms with E-state index in [1.807, 2.05) is 0 Å². The van der Waals surface area contributed by atoms with Crippen molar-refractivity contribution in [3.63, 3.8) is 0 Å². The molecule has 22 heavy (non-hydrogen) atoms. The molecule has 2 N–H and O–H groups in total. The summed E-state index contributed by atoms with van der Waals surface area (Å²) in [5.74, 6) is -0.794. The van der Waals surface area contributed by atoms with E-state index in [1.165, 1.54) is 6.20 Å². The van der Waals surface area contributed by atoms with Gasteiger partial charge < -0.3 is 19.9 Å². The third-order valence-corrected chi connectivity index (χ3v) is 4.07. The second-order valence-electron chi connectivity index (χ2n) is 5.75. The Hall–Kier alpha value is -2.15. The Morgan fingerprint density at radius 2 is 2.32 bits per heavy atom. The zero-order valence-corrected chi connectivity index (χ0v) is 12.1. The second kappa shape index (κ2) is 5.92. The summed E-state index contributed by atoms with van der Waals surface area (Å²) in [6, 6.07) is 3.14. The van der Waals surface area contributed by atoms with E-state index in [9.17, 15) is 9.59 Å². The molecular weight excluding hydrogens is 288 g/mol. The highest BCUT2D eigenvalue weighted by Crippen LogP contribution is 2.45. The third-order valence-electron chi connectivity index (χ3n) is 4.07. The van der Waals surface area contributed by atoms with Crippen LogP contribution in [-0.4, -0.2) is 47.8 Å². The SMILES string of the molecule is O=C(NCC1(C(=O)O)CC1)c1ccnc(OC2CCOC2)c1. The molecule has 0 bridgehead atoms. The van der Waals surface area contributed by atoms with E-state index in [0.29, 0.717) is 37.5 Å². The zero-order chi connectivity index (χ0) is 15.6. The van der Waals surface area contributed by atoms with Crippen molar-refractivity contribution in [2.75, 3.05) is 19.8 Å². The fourth-order valence-corrected chi connectivity index (χ4v) is 2.36. The third kappa shape index (κ3) is 3.19. The monoisotopic (exact) mass is 306 g/mol. The van der Waals surface area contributed by atoms with E-state index in [2.05, 4.69) is 10.3 Å². The average Bonchev–Trinajstić information content (AvgIpc) is 3.15. The standard InChI is InChI=1S/C15H18N2O5/c18-13(17-9-15(3-4-15)14(19)20)10-1-5-16-12(7-10)22-11-2-6-21-8-11/h1,5,7,11H,2-4,6,8-9H2,(H,17,18)(H,19,20). The Bertz CT molecular complexity index is 579. The first-order chi connectivity index (χ1) is 10.6. The first-order valence-corrected chi connectivity index (χ1v) is 7.31. The van der Waals surface area contributed by atoms with Crippen molar-refractivity contribution < 1.29 is 24.2 Å². The molecule has 1 saturated heterocycles. The summed E-state index contributed by atoms with van der Waals surface area (Å²) in [6.45, 7) is 1.34. The number of nitrogens with zero attached hydrogens (tertiary/aromatic N) is 1. The number of rotatable bonds is 6. The van der Waals surface area contributed by atoms with Crippen LogP contribution in [0.5, 0.6) is 5.88 Å². The fraction of sp³-hybridized carbons (Fsp3) is 0.533. The van der Waals surface area contributed by atoms with Gasteiger partial charge in [-0.05, 0) is 18.9 Å². The fourth-order valence-electron chi connectivity index (χ4n) is 2.36.